The summed E-state index contributed by atoms with van der Waals surface area (Å²) in [7, 11) is -3.24. The zero-order valence-electron chi connectivity index (χ0n) is 12.9. The number of sulfonamides is 1. The SMILES string of the molecule is O=C(O)C[C@H](NC(=O)CCN1CCCS1(=O)=O)c1ccc(Cl)cc1. The molecule has 7 nitrogen and oxygen atoms in total. The van der Waals surface area contributed by atoms with Crippen molar-refractivity contribution in [1.82, 2.24) is 9.62 Å². The van der Waals surface area contributed by atoms with Gasteiger partial charge in [0.1, 0.15) is 0 Å². The third kappa shape index (κ3) is 5.19. The van der Waals surface area contributed by atoms with Gasteiger partial charge >= 0.3 is 5.97 Å². The molecular weight excluding hydrogens is 356 g/mol. The molecule has 1 heterocycles. The van der Waals surface area contributed by atoms with Gasteiger partial charge in [0.2, 0.25) is 15.9 Å². The number of carbonyl (C=O) groups is 2. The lowest BCUT2D eigenvalue weighted by atomic mass is 10.0. The molecule has 1 aliphatic rings. The van der Waals surface area contributed by atoms with Crippen LogP contribution in [-0.2, 0) is 19.6 Å². The molecule has 0 spiro atoms. The van der Waals surface area contributed by atoms with E-state index in [0.29, 0.717) is 23.6 Å². The number of halogens is 1. The van der Waals surface area contributed by atoms with Crippen LogP contribution in [0, 0.1) is 0 Å². The lowest BCUT2D eigenvalue weighted by Crippen LogP contribution is -2.34. The van der Waals surface area contributed by atoms with Gasteiger partial charge in [-0.25, -0.2) is 12.7 Å². The Kier molecular flexibility index (Phi) is 6.20. The average molecular weight is 375 g/mol. The van der Waals surface area contributed by atoms with Crippen LogP contribution in [0.2, 0.25) is 5.02 Å². The van der Waals surface area contributed by atoms with Gasteiger partial charge in [0, 0.05) is 24.5 Å². The van der Waals surface area contributed by atoms with Gasteiger partial charge < -0.3 is 10.4 Å². The van der Waals surface area contributed by atoms with Crippen LogP contribution < -0.4 is 5.32 Å². The van der Waals surface area contributed by atoms with Gasteiger partial charge in [-0.3, -0.25) is 9.59 Å². The number of hydrogen-bond acceptors (Lipinski definition) is 4. The highest BCUT2D eigenvalue weighted by Crippen LogP contribution is 2.20. The Hall–Kier alpha value is -1.64. The molecular formula is C15H19ClN2O5S. The number of amides is 1. The molecule has 2 rings (SSSR count). The molecule has 1 saturated heterocycles. The number of rotatable bonds is 7. The van der Waals surface area contributed by atoms with Crippen LogP contribution >= 0.6 is 11.6 Å². The Morgan fingerprint density at radius 1 is 1.29 bits per heavy atom. The van der Waals surface area contributed by atoms with Crippen LogP contribution in [0.5, 0.6) is 0 Å². The van der Waals surface area contributed by atoms with E-state index >= 15 is 0 Å². The normalized spacial score (nSPS) is 18.2. The molecule has 132 valence electrons. The fraction of sp³-hybridized carbons (Fsp3) is 0.467. The molecule has 1 aromatic carbocycles. The highest BCUT2D eigenvalue weighted by Gasteiger charge is 2.28. The van der Waals surface area contributed by atoms with Crippen LogP contribution in [0.25, 0.3) is 0 Å². The quantitative estimate of drug-likeness (QED) is 0.750. The van der Waals surface area contributed by atoms with E-state index < -0.39 is 27.9 Å². The maximum atomic E-state index is 12.1. The van der Waals surface area contributed by atoms with E-state index in [1.54, 1.807) is 24.3 Å². The highest BCUT2D eigenvalue weighted by atomic mass is 35.5. The van der Waals surface area contributed by atoms with Crippen molar-refractivity contribution in [2.75, 3.05) is 18.8 Å². The first-order valence-electron chi connectivity index (χ1n) is 7.52. The van der Waals surface area contributed by atoms with Gasteiger partial charge in [0.15, 0.2) is 0 Å². The molecule has 0 aliphatic carbocycles. The zero-order valence-corrected chi connectivity index (χ0v) is 14.5. The fourth-order valence-electron chi connectivity index (χ4n) is 2.56. The Morgan fingerprint density at radius 2 is 1.96 bits per heavy atom. The lowest BCUT2D eigenvalue weighted by molar-refractivity contribution is -0.137. The maximum absolute atomic E-state index is 12.1. The third-order valence-corrected chi connectivity index (χ3v) is 5.99. The Labute approximate surface area is 145 Å². The van der Waals surface area contributed by atoms with Crippen molar-refractivity contribution < 1.29 is 23.1 Å². The van der Waals surface area contributed by atoms with Gasteiger partial charge in [-0.05, 0) is 24.1 Å². The molecule has 24 heavy (non-hydrogen) atoms. The van der Waals surface area contributed by atoms with Gasteiger partial charge in [-0.2, -0.15) is 0 Å². The average Bonchev–Trinajstić information content (AvgIpc) is 2.83. The van der Waals surface area contributed by atoms with Crippen LogP contribution in [-0.4, -0.2) is 48.5 Å². The first kappa shape index (κ1) is 18.7. The first-order chi connectivity index (χ1) is 11.3. The summed E-state index contributed by atoms with van der Waals surface area (Å²) in [5.41, 5.74) is 0.629. The standard InChI is InChI=1S/C15H19ClN2O5S/c16-12-4-2-11(3-5-12)13(10-15(20)21)17-14(19)6-8-18-7-1-9-24(18,22)23/h2-5,13H,1,6-10H2,(H,17,19)(H,20,21)/t13-/m0/s1. The van der Waals surface area contributed by atoms with Gasteiger partial charge in [0.25, 0.3) is 0 Å². The number of nitrogens with one attached hydrogen (secondary N) is 1. The largest absolute Gasteiger partial charge is 0.481 e. The summed E-state index contributed by atoms with van der Waals surface area (Å²) < 4.78 is 24.7. The fourth-order valence-corrected chi connectivity index (χ4v) is 4.21. The van der Waals surface area contributed by atoms with Crippen LogP contribution in [0.3, 0.4) is 0 Å². The van der Waals surface area contributed by atoms with Crippen molar-refractivity contribution in [3.8, 4) is 0 Å². The van der Waals surface area contributed by atoms with Gasteiger partial charge in [0.05, 0.1) is 18.2 Å². The molecule has 2 N–H and O–H groups in total. The number of hydrogen-bond donors (Lipinski definition) is 2. The first-order valence-corrected chi connectivity index (χ1v) is 9.51. The van der Waals surface area contributed by atoms with E-state index in [0.717, 1.165) is 0 Å². The van der Waals surface area contributed by atoms with E-state index in [2.05, 4.69) is 5.32 Å². The van der Waals surface area contributed by atoms with Crippen LogP contribution in [0.4, 0.5) is 0 Å². The second-order valence-corrected chi connectivity index (χ2v) is 8.11. The number of carboxylic acid groups (broad SMARTS) is 1. The van der Waals surface area contributed by atoms with E-state index in [-0.39, 0.29) is 25.1 Å². The molecule has 1 fully saturated rings. The monoisotopic (exact) mass is 374 g/mol. The third-order valence-electron chi connectivity index (χ3n) is 3.78. The predicted molar refractivity (Wildman–Crippen MR) is 89.2 cm³/mol. The van der Waals surface area contributed by atoms with Crippen LogP contribution in [0.15, 0.2) is 24.3 Å². The molecule has 0 unspecified atom stereocenters. The second-order valence-electron chi connectivity index (χ2n) is 5.59. The van der Waals surface area contributed by atoms with Crippen molar-refractivity contribution in [2.45, 2.75) is 25.3 Å². The molecule has 0 aromatic heterocycles. The van der Waals surface area contributed by atoms with Crippen molar-refractivity contribution >= 4 is 33.5 Å². The number of aliphatic carboxylic acids is 1. The van der Waals surface area contributed by atoms with Crippen molar-refractivity contribution in [3.05, 3.63) is 34.9 Å². The summed E-state index contributed by atoms with van der Waals surface area (Å²) in [4.78, 5) is 23.1. The number of benzene rings is 1. The maximum Gasteiger partial charge on any atom is 0.305 e. The van der Waals surface area contributed by atoms with Crippen LogP contribution in [0.1, 0.15) is 30.9 Å². The summed E-state index contributed by atoms with van der Waals surface area (Å²) in [6.45, 7) is 0.528. The van der Waals surface area contributed by atoms with E-state index in [4.69, 9.17) is 16.7 Å². The highest BCUT2D eigenvalue weighted by molar-refractivity contribution is 7.89. The minimum absolute atomic E-state index is 0.0110. The minimum atomic E-state index is -3.24. The zero-order chi connectivity index (χ0) is 17.7. The van der Waals surface area contributed by atoms with Gasteiger partial charge in [-0.15, -0.1) is 0 Å². The van der Waals surface area contributed by atoms with Gasteiger partial charge in [-0.1, -0.05) is 23.7 Å². The molecule has 9 heteroatoms. The topological polar surface area (TPSA) is 104 Å². The minimum Gasteiger partial charge on any atom is -0.481 e. The second kappa shape index (κ2) is 7.96. The van der Waals surface area contributed by atoms with Crippen molar-refractivity contribution in [1.29, 1.82) is 0 Å². The molecule has 0 radical (unpaired) electrons. The molecule has 0 saturated carbocycles. The Balaban J connectivity index is 1.97. The van der Waals surface area contributed by atoms with Crippen molar-refractivity contribution in [3.63, 3.8) is 0 Å². The van der Waals surface area contributed by atoms with E-state index in [9.17, 15) is 18.0 Å². The Bertz CT molecular complexity index is 705. The molecule has 1 amide bonds. The molecule has 0 bridgehead atoms. The molecule has 1 atom stereocenters. The summed E-state index contributed by atoms with van der Waals surface area (Å²) in [6, 6.07) is 5.86. The lowest BCUT2D eigenvalue weighted by Gasteiger charge is -2.19. The number of carboxylic acids is 1. The smallest absolute Gasteiger partial charge is 0.305 e. The van der Waals surface area contributed by atoms with E-state index in [1.807, 2.05) is 0 Å². The summed E-state index contributed by atoms with van der Waals surface area (Å²) in [5.74, 6) is -1.32. The summed E-state index contributed by atoms with van der Waals surface area (Å²) in [5, 5.41) is 12.2. The number of carbonyl (C=O) groups excluding carboxylic acids is 1. The molecule has 1 aromatic rings. The summed E-state index contributed by atoms with van der Waals surface area (Å²) in [6.07, 6.45) is 0.286. The predicted octanol–water partition coefficient (Wildman–Crippen LogP) is 1.40. The van der Waals surface area contributed by atoms with Crippen molar-refractivity contribution in [2.24, 2.45) is 0 Å². The Morgan fingerprint density at radius 3 is 2.50 bits per heavy atom. The summed E-state index contributed by atoms with van der Waals surface area (Å²) >= 11 is 5.81. The number of nitrogens with zero attached hydrogens (tertiary/aromatic N) is 1. The molecule has 1 aliphatic heterocycles. The van der Waals surface area contributed by atoms with E-state index in [1.165, 1.54) is 4.31 Å².